The van der Waals surface area contributed by atoms with Crippen LogP contribution in [-0.2, 0) is 6.42 Å². The number of rotatable bonds is 3. The van der Waals surface area contributed by atoms with Gasteiger partial charge >= 0.3 is 0 Å². The summed E-state index contributed by atoms with van der Waals surface area (Å²) in [6.45, 7) is 0. The first kappa shape index (κ1) is 9.94. The van der Waals surface area contributed by atoms with Gasteiger partial charge in [0.1, 0.15) is 5.82 Å². The van der Waals surface area contributed by atoms with Gasteiger partial charge in [-0.15, -0.1) is 0 Å². The second-order valence-electron chi connectivity index (χ2n) is 3.96. The molecule has 0 aromatic heterocycles. The Morgan fingerprint density at radius 1 is 1.43 bits per heavy atom. The predicted molar refractivity (Wildman–Crippen MR) is 53.9 cm³/mol. The third kappa shape index (κ3) is 2.25. The van der Waals surface area contributed by atoms with Crippen LogP contribution in [0, 0.1) is 5.82 Å². The van der Waals surface area contributed by atoms with Gasteiger partial charge in [-0.25, -0.2) is 4.39 Å². The maximum absolute atomic E-state index is 12.9. The van der Waals surface area contributed by atoms with Crippen molar-refractivity contribution in [3.05, 3.63) is 34.6 Å². The maximum atomic E-state index is 12.9. The zero-order chi connectivity index (χ0) is 10.2. The summed E-state index contributed by atoms with van der Waals surface area (Å²) in [5.41, 5.74) is 0.294. The highest BCUT2D eigenvalue weighted by Crippen LogP contribution is 2.39. The Morgan fingerprint density at radius 3 is 2.79 bits per heavy atom. The van der Waals surface area contributed by atoms with Crippen LogP contribution in [0.4, 0.5) is 4.39 Å². The molecule has 2 rings (SSSR count). The average molecular weight is 215 g/mol. The molecule has 1 nitrogen and oxygen atoms in total. The minimum Gasteiger partial charge on any atom is -0.390 e. The van der Waals surface area contributed by atoms with Crippen molar-refractivity contribution in [2.24, 2.45) is 0 Å². The Morgan fingerprint density at radius 2 is 2.14 bits per heavy atom. The SMILES string of the molecule is OC1(CCc2cc(F)ccc2Cl)CC1. The standard InChI is InChI=1S/C11H12ClFO/c12-10-2-1-9(13)7-8(10)3-4-11(14)5-6-11/h1-2,7,14H,3-6H2. The Hall–Kier alpha value is -0.600. The van der Waals surface area contributed by atoms with Crippen molar-refractivity contribution in [3.8, 4) is 0 Å². The number of hydrogen-bond acceptors (Lipinski definition) is 1. The maximum Gasteiger partial charge on any atom is 0.123 e. The van der Waals surface area contributed by atoms with E-state index in [1.54, 1.807) is 6.07 Å². The van der Waals surface area contributed by atoms with Crippen molar-refractivity contribution < 1.29 is 9.50 Å². The lowest BCUT2D eigenvalue weighted by Gasteiger charge is -2.08. The summed E-state index contributed by atoms with van der Waals surface area (Å²) in [5, 5.41) is 10.2. The van der Waals surface area contributed by atoms with Crippen LogP contribution in [0.5, 0.6) is 0 Å². The molecule has 0 unspecified atom stereocenters. The molecule has 0 radical (unpaired) electrons. The molecule has 1 aromatic rings. The Labute approximate surface area is 87.5 Å². The van der Waals surface area contributed by atoms with E-state index in [1.165, 1.54) is 12.1 Å². The summed E-state index contributed by atoms with van der Waals surface area (Å²) < 4.78 is 12.9. The van der Waals surface area contributed by atoms with Gasteiger partial charge in [-0.3, -0.25) is 0 Å². The van der Waals surface area contributed by atoms with Gasteiger partial charge in [-0.2, -0.15) is 0 Å². The molecule has 0 spiro atoms. The topological polar surface area (TPSA) is 20.2 Å². The molecule has 0 aliphatic heterocycles. The van der Waals surface area contributed by atoms with Crippen molar-refractivity contribution in [2.45, 2.75) is 31.3 Å². The highest BCUT2D eigenvalue weighted by atomic mass is 35.5. The number of hydrogen-bond donors (Lipinski definition) is 1. The summed E-state index contributed by atoms with van der Waals surface area (Å²) >= 11 is 5.90. The molecule has 1 aliphatic rings. The first-order chi connectivity index (χ1) is 6.59. The average Bonchev–Trinajstić information content (AvgIpc) is 2.87. The van der Waals surface area contributed by atoms with Crippen LogP contribution >= 0.6 is 11.6 Å². The third-order valence-corrected chi connectivity index (χ3v) is 3.06. The van der Waals surface area contributed by atoms with E-state index < -0.39 is 5.60 Å². The van der Waals surface area contributed by atoms with Crippen LogP contribution < -0.4 is 0 Å². The second kappa shape index (κ2) is 3.52. The van der Waals surface area contributed by atoms with Crippen LogP contribution in [0.3, 0.4) is 0 Å². The van der Waals surface area contributed by atoms with Gasteiger partial charge in [-0.05, 0) is 49.4 Å². The van der Waals surface area contributed by atoms with Gasteiger partial charge in [-0.1, -0.05) is 11.6 Å². The van der Waals surface area contributed by atoms with E-state index in [1.807, 2.05) is 0 Å². The Bertz CT molecular complexity index is 347. The molecule has 1 fully saturated rings. The fraction of sp³-hybridized carbons (Fsp3) is 0.455. The van der Waals surface area contributed by atoms with Gasteiger partial charge < -0.3 is 5.11 Å². The van der Waals surface area contributed by atoms with Crippen LogP contribution in [0.2, 0.25) is 5.02 Å². The van der Waals surface area contributed by atoms with E-state index in [-0.39, 0.29) is 5.82 Å². The number of aliphatic hydroxyl groups is 1. The first-order valence-electron chi connectivity index (χ1n) is 4.75. The molecule has 3 heteroatoms. The van der Waals surface area contributed by atoms with Crippen molar-refractivity contribution in [2.75, 3.05) is 0 Å². The van der Waals surface area contributed by atoms with Crippen molar-refractivity contribution in [3.63, 3.8) is 0 Å². The number of aryl methyl sites for hydroxylation is 1. The lowest BCUT2D eigenvalue weighted by molar-refractivity contribution is 0.140. The monoisotopic (exact) mass is 214 g/mol. The van der Waals surface area contributed by atoms with E-state index >= 15 is 0 Å². The first-order valence-corrected chi connectivity index (χ1v) is 5.13. The molecule has 1 N–H and O–H groups in total. The third-order valence-electron chi connectivity index (χ3n) is 2.69. The Balaban J connectivity index is 2.04. The van der Waals surface area contributed by atoms with Gasteiger partial charge in [0.05, 0.1) is 5.60 Å². The second-order valence-corrected chi connectivity index (χ2v) is 4.37. The lowest BCUT2D eigenvalue weighted by atomic mass is 10.1. The molecule has 0 saturated heterocycles. The molecule has 1 aliphatic carbocycles. The molecule has 0 bridgehead atoms. The van der Waals surface area contributed by atoms with Gasteiger partial charge in [0, 0.05) is 5.02 Å². The van der Waals surface area contributed by atoms with E-state index in [2.05, 4.69) is 0 Å². The summed E-state index contributed by atoms with van der Waals surface area (Å²) in [6, 6.07) is 4.34. The minimum atomic E-state index is -0.490. The summed E-state index contributed by atoms with van der Waals surface area (Å²) in [7, 11) is 0. The quantitative estimate of drug-likeness (QED) is 0.820. The van der Waals surface area contributed by atoms with Gasteiger partial charge in [0.25, 0.3) is 0 Å². The van der Waals surface area contributed by atoms with E-state index in [0.29, 0.717) is 17.9 Å². The largest absolute Gasteiger partial charge is 0.390 e. The molecular weight excluding hydrogens is 203 g/mol. The van der Waals surface area contributed by atoms with E-state index in [0.717, 1.165) is 18.4 Å². The fourth-order valence-electron chi connectivity index (χ4n) is 1.50. The summed E-state index contributed by atoms with van der Waals surface area (Å²) in [4.78, 5) is 0. The fourth-order valence-corrected chi connectivity index (χ4v) is 1.71. The molecule has 0 atom stereocenters. The summed E-state index contributed by atoms with van der Waals surface area (Å²) in [5.74, 6) is -0.271. The summed E-state index contributed by atoms with van der Waals surface area (Å²) in [6.07, 6.45) is 3.04. The number of halogens is 2. The van der Waals surface area contributed by atoms with E-state index in [4.69, 9.17) is 11.6 Å². The van der Waals surface area contributed by atoms with Gasteiger partial charge in [0.2, 0.25) is 0 Å². The lowest BCUT2D eigenvalue weighted by Crippen LogP contribution is -2.07. The number of benzene rings is 1. The zero-order valence-corrected chi connectivity index (χ0v) is 8.52. The Kier molecular flexibility index (Phi) is 2.50. The van der Waals surface area contributed by atoms with Crippen LogP contribution in [0.1, 0.15) is 24.8 Å². The molecule has 76 valence electrons. The van der Waals surface area contributed by atoms with Crippen molar-refractivity contribution in [1.82, 2.24) is 0 Å². The highest BCUT2D eigenvalue weighted by Gasteiger charge is 2.39. The van der Waals surface area contributed by atoms with Crippen LogP contribution in [-0.4, -0.2) is 10.7 Å². The van der Waals surface area contributed by atoms with Gasteiger partial charge in [0.15, 0.2) is 0 Å². The zero-order valence-electron chi connectivity index (χ0n) is 7.76. The highest BCUT2D eigenvalue weighted by molar-refractivity contribution is 6.31. The normalized spacial score (nSPS) is 18.2. The molecule has 1 aromatic carbocycles. The minimum absolute atomic E-state index is 0.271. The van der Waals surface area contributed by atoms with Crippen LogP contribution in [0.15, 0.2) is 18.2 Å². The van der Waals surface area contributed by atoms with Crippen molar-refractivity contribution >= 4 is 11.6 Å². The molecular formula is C11H12ClFO. The van der Waals surface area contributed by atoms with E-state index in [9.17, 15) is 9.50 Å². The van der Waals surface area contributed by atoms with Crippen molar-refractivity contribution in [1.29, 1.82) is 0 Å². The van der Waals surface area contributed by atoms with Crippen LogP contribution in [0.25, 0.3) is 0 Å². The molecule has 14 heavy (non-hydrogen) atoms. The smallest absolute Gasteiger partial charge is 0.123 e. The molecule has 0 amide bonds. The molecule has 0 heterocycles. The predicted octanol–water partition coefficient (Wildman–Crippen LogP) is 2.94. The molecule has 1 saturated carbocycles.